The van der Waals surface area contributed by atoms with Crippen LogP contribution in [0.25, 0.3) is 16.9 Å². The molecule has 1 amide bonds. The molecule has 0 aliphatic heterocycles. The van der Waals surface area contributed by atoms with Crippen LogP contribution >= 0.6 is 0 Å². The Bertz CT molecular complexity index is 1210. The van der Waals surface area contributed by atoms with Gasteiger partial charge in [0.05, 0.1) is 5.69 Å². The average Bonchev–Trinajstić information content (AvgIpc) is 3.08. The summed E-state index contributed by atoms with van der Waals surface area (Å²) in [6, 6.07) is 13.6. The molecule has 0 saturated heterocycles. The zero-order valence-corrected chi connectivity index (χ0v) is 15.3. The van der Waals surface area contributed by atoms with Gasteiger partial charge in [-0.1, -0.05) is 12.1 Å². The van der Waals surface area contributed by atoms with Crippen LogP contribution in [0.3, 0.4) is 0 Å². The molecule has 2 aromatic heterocycles. The monoisotopic (exact) mass is 395 g/mol. The van der Waals surface area contributed by atoms with Crippen LogP contribution in [0.1, 0.15) is 5.82 Å². The van der Waals surface area contributed by atoms with E-state index in [9.17, 15) is 13.6 Å². The molecule has 0 aliphatic rings. The summed E-state index contributed by atoms with van der Waals surface area (Å²) in [5.41, 5.74) is 2.63. The van der Waals surface area contributed by atoms with Crippen molar-refractivity contribution < 1.29 is 18.3 Å². The molecule has 0 unspecified atom stereocenters. The van der Waals surface area contributed by atoms with Gasteiger partial charge in [-0.05, 0) is 43.3 Å². The van der Waals surface area contributed by atoms with Crippen LogP contribution < -0.4 is 10.1 Å². The Kier molecular flexibility index (Phi) is 4.86. The highest BCUT2D eigenvalue weighted by Crippen LogP contribution is 2.22. The van der Waals surface area contributed by atoms with Crippen molar-refractivity contribution in [3.63, 3.8) is 0 Å². The van der Waals surface area contributed by atoms with E-state index < -0.39 is 24.1 Å². The molecule has 0 spiro atoms. The number of hydrogen-bond donors (Lipinski definition) is 1. The van der Waals surface area contributed by atoms with Crippen LogP contribution in [0, 0.1) is 18.6 Å². The van der Waals surface area contributed by atoms with Gasteiger partial charge in [-0.15, -0.1) is 10.2 Å². The fraction of sp³-hybridized carbons (Fsp3) is 0.100. The van der Waals surface area contributed by atoms with E-state index in [1.807, 2.05) is 12.1 Å². The number of carbonyl (C=O) groups excluding carboxylic acids is 1. The van der Waals surface area contributed by atoms with E-state index in [1.165, 1.54) is 0 Å². The van der Waals surface area contributed by atoms with Gasteiger partial charge >= 0.3 is 0 Å². The molecule has 0 atom stereocenters. The molecule has 0 radical (unpaired) electrons. The Morgan fingerprint density at radius 3 is 2.79 bits per heavy atom. The number of nitrogens with zero attached hydrogens (tertiary/aromatic N) is 4. The van der Waals surface area contributed by atoms with Gasteiger partial charge in [0.15, 0.2) is 29.6 Å². The second-order valence-electron chi connectivity index (χ2n) is 6.23. The smallest absolute Gasteiger partial charge is 0.262 e. The summed E-state index contributed by atoms with van der Waals surface area (Å²) >= 11 is 0. The van der Waals surface area contributed by atoms with Crippen molar-refractivity contribution in [1.82, 2.24) is 19.8 Å². The van der Waals surface area contributed by atoms with Crippen LogP contribution in [-0.4, -0.2) is 32.3 Å². The molecule has 0 bridgehead atoms. The van der Waals surface area contributed by atoms with Gasteiger partial charge in [0.25, 0.3) is 5.91 Å². The minimum atomic E-state index is -0.870. The fourth-order valence-corrected chi connectivity index (χ4v) is 2.74. The number of amides is 1. The Hall–Kier alpha value is -3.88. The first-order chi connectivity index (χ1) is 14.0. The lowest BCUT2D eigenvalue weighted by Gasteiger charge is -2.09. The first kappa shape index (κ1) is 18.5. The topological polar surface area (TPSA) is 81.4 Å². The third kappa shape index (κ3) is 4.03. The maximum Gasteiger partial charge on any atom is 0.262 e. The van der Waals surface area contributed by atoms with Gasteiger partial charge in [-0.25, -0.2) is 8.78 Å². The summed E-state index contributed by atoms with van der Waals surface area (Å²) in [6.07, 6.45) is 0. The highest BCUT2D eigenvalue weighted by molar-refractivity contribution is 5.92. The highest BCUT2D eigenvalue weighted by atomic mass is 19.1. The lowest BCUT2D eigenvalue weighted by molar-refractivity contribution is -0.118. The van der Waals surface area contributed by atoms with E-state index in [0.29, 0.717) is 28.9 Å². The quantitative estimate of drug-likeness (QED) is 0.560. The largest absolute Gasteiger partial charge is 0.481 e. The summed E-state index contributed by atoms with van der Waals surface area (Å²) in [6.45, 7) is 1.38. The van der Waals surface area contributed by atoms with Crippen molar-refractivity contribution in [1.29, 1.82) is 0 Å². The number of carbonyl (C=O) groups is 1. The number of ether oxygens (including phenoxy) is 1. The molecule has 2 aromatic carbocycles. The standard InChI is InChI=1S/C20H15F2N5O2/c1-12-24-25-19-8-6-17(26-27(12)19)13-3-2-4-15(9-13)23-20(28)11-29-18-7-5-14(21)10-16(18)22/h2-10H,11H2,1H3,(H,23,28). The molecule has 7 nitrogen and oxygen atoms in total. The van der Waals surface area contributed by atoms with Crippen molar-refractivity contribution in [2.24, 2.45) is 0 Å². The molecule has 0 aliphatic carbocycles. The lowest BCUT2D eigenvalue weighted by Crippen LogP contribution is -2.20. The second-order valence-corrected chi connectivity index (χ2v) is 6.23. The maximum atomic E-state index is 13.6. The molecule has 0 saturated carbocycles. The molecule has 146 valence electrons. The normalized spacial score (nSPS) is 10.9. The summed E-state index contributed by atoms with van der Waals surface area (Å²) in [4.78, 5) is 12.1. The third-order valence-electron chi connectivity index (χ3n) is 4.11. The molecular weight excluding hydrogens is 380 g/mol. The summed E-state index contributed by atoms with van der Waals surface area (Å²) in [5, 5.41) is 15.2. The Morgan fingerprint density at radius 2 is 1.97 bits per heavy atom. The number of hydrogen-bond acceptors (Lipinski definition) is 5. The van der Waals surface area contributed by atoms with E-state index in [0.717, 1.165) is 17.7 Å². The number of benzene rings is 2. The van der Waals surface area contributed by atoms with Crippen LogP contribution in [0.15, 0.2) is 54.6 Å². The van der Waals surface area contributed by atoms with E-state index in [2.05, 4.69) is 20.6 Å². The summed E-state index contributed by atoms with van der Waals surface area (Å²) < 4.78 is 33.2. The molecular formula is C20H15F2N5O2. The maximum absolute atomic E-state index is 13.6. The second kappa shape index (κ2) is 7.63. The number of aryl methyl sites for hydroxylation is 1. The van der Waals surface area contributed by atoms with Crippen molar-refractivity contribution in [3.05, 3.63) is 72.1 Å². The van der Waals surface area contributed by atoms with Crippen LogP contribution in [0.5, 0.6) is 5.75 Å². The Balaban J connectivity index is 1.46. The molecule has 0 fully saturated rings. The van der Waals surface area contributed by atoms with Crippen molar-refractivity contribution in [2.45, 2.75) is 6.92 Å². The highest BCUT2D eigenvalue weighted by Gasteiger charge is 2.10. The molecule has 9 heteroatoms. The predicted octanol–water partition coefficient (Wildman–Crippen LogP) is 3.40. The van der Waals surface area contributed by atoms with Crippen molar-refractivity contribution in [2.75, 3.05) is 11.9 Å². The number of rotatable bonds is 5. The van der Waals surface area contributed by atoms with Gasteiger partial charge < -0.3 is 10.1 Å². The Labute approximate surface area is 164 Å². The van der Waals surface area contributed by atoms with Gasteiger partial charge in [0, 0.05) is 17.3 Å². The fourth-order valence-electron chi connectivity index (χ4n) is 2.74. The van der Waals surface area contributed by atoms with E-state index in [4.69, 9.17) is 4.74 Å². The van der Waals surface area contributed by atoms with Gasteiger partial charge in [-0.2, -0.15) is 9.61 Å². The predicted molar refractivity (Wildman–Crippen MR) is 101 cm³/mol. The van der Waals surface area contributed by atoms with Gasteiger partial charge in [-0.3, -0.25) is 4.79 Å². The van der Waals surface area contributed by atoms with Crippen LogP contribution in [-0.2, 0) is 4.79 Å². The lowest BCUT2D eigenvalue weighted by atomic mass is 10.1. The first-order valence-corrected chi connectivity index (χ1v) is 8.67. The molecule has 2 heterocycles. The third-order valence-corrected chi connectivity index (χ3v) is 4.11. The van der Waals surface area contributed by atoms with Crippen molar-refractivity contribution >= 4 is 17.2 Å². The van der Waals surface area contributed by atoms with Crippen LogP contribution in [0.4, 0.5) is 14.5 Å². The molecule has 4 aromatic rings. The summed E-state index contributed by atoms with van der Waals surface area (Å²) in [7, 11) is 0. The zero-order chi connectivity index (χ0) is 20.4. The van der Waals surface area contributed by atoms with Crippen LogP contribution in [0.2, 0.25) is 0 Å². The van der Waals surface area contributed by atoms with Gasteiger partial charge in [0.2, 0.25) is 0 Å². The molecule has 1 N–H and O–H groups in total. The average molecular weight is 395 g/mol. The minimum absolute atomic E-state index is 0.197. The summed E-state index contributed by atoms with van der Waals surface area (Å²) in [5.74, 6) is -1.60. The van der Waals surface area contributed by atoms with E-state index >= 15 is 0 Å². The first-order valence-electron chi connectivity index (χ1n) is 8.67. The van der Waals surface area contributed by atoms with Gasteiger partial charge in [0.1, 0.15) is 5.82 Å². The molecule has 4 rings (SSSR count). The SMILES string of the molecule is Cc1nnc2ccc(-c3cccc(NC(=O)COc4ccc(F)cc4F)c3)nn12. The number of halogens is 2. The molecule has 29 heavy (non-hydrogen) atoms. The number of anilines is 1. The number of nitrogens with one attached hydrogen (secondary N) is 1. The van der Waals surface area contributed by atoms with E-state index in [-0.39, 0.29) is 5.75 Å². The van der Waals surface area contributed by atoms with E-state index in [1.54, 1.807) is 35.7 Å². The zero-order valence-electron chi connectivity index (χ0n) is 15.3. The van der Waals surface area contributed by atoms with Crippen molar-refractivity contribution in [3.8, 4) is 17.0 Å². The number of fused-ring (bicyclic) bond motifs is 1. The minimum Gasteiger partial charge on any atom is -0.481 e. The number of aromatic nitrogens is 4. The Morgan fingerprint density at radius 1 is 1.10 bits per heavy atom.